The zero-order valence-corrected chi connectivity index (χ0v) is 15.5. The third-order valence-electron chi connectivity index (χ3n) is 3.46. The summed E-state index contributed by atoms with van der Waals surface area (Å²) in [4.78, 5) is 11.6. The van der Waals surface area contributed by atoms with Crippen LogP contribution in [0.1, 0.15) is 33.3 Å². The van der Waals surface area contributed by atoms with Crippen LogP contribution in [0.25, 0.3) is 0 Å². The van der Waals surface area contributed by atoms with E-state index >= 15 is 0 Å². The SMILES string of the molecule is CC(N[S+]([O-])C(C)(C)C)(c1ccccc1F)C(OCC(F)(F)F)C(=O)O. The second-order valence-corrected chi connectivity index (χ2v) is 8.78. The van der Waals surface area contributed by atoms with Crippen LogP contribution in [0.15, 0.2) is 24.3 Å². The number of hydrogen-bond acceptors (Lipinski definition) is 4. The molecule has 0 aliphatic heterocycles. The lowest BCUT2D eigenvalue weighted by molar-refractivity contribution is -0.200. The monoisotopic (exact) mass is 399 g/mol. The standard InChI is InChI=1S/C16H21F4NO4S/c1-14(2,3)26(24)21-15(4,10-7-5-6-8-11(10)17)12(13(22)23)25-9-16(18,19)20/h5-8,12,21H,9H2,1-4H3,(H,22,23). The second-order valence-electron chi connectivity index (χ2n) is 6.81. The van der Waals surface area contributed by atoms with Crippen molar-refractivity contribution in [1.82, 2.24) is 4.72 Å². The second kappa shape index (κ2) is 8.12. The number of nitrogens with one attached hydrogen (secondary N) is 1. The van der Waals surface area contributed by atoms with Gasteiger partial charge in [-0.1, -0.05) is 18.2 Å². The molecule has 0 heterocycles. The molecule has 0 aromatic heterocycles. The van der Waals surface area contributed by atoms with Gasteiger partial charge in [0, 0.05) is 16.9 Å². The van der Waals surface area contributed by atoms with E-state index in [9.17, 15) is 32.0 Å². The lowest BCUT2D eigenvalue weighted by Crippen LogP contribution is -2.59. The Morgan fingerprint density at radius 1 is 1.27 bits per heavy atom. The first-order chi connectivity index (χ1) is 11.7. The summed E-state index contributed by atoms with van der Waals surface area (Å²) in [5, 5.41) is 9.42. The van der Waals surface area contributed by atoms with Gasteiger partial charge in [0.2, 0.25) is 0 Å². The third kappa shape index (κ3) is 5.83. The quantitative estimate of drug-likeness (QED) is 0.544. The molecule has 1 rings (SSSR count). The molecule has 0 amide bonds. The van der Waals surface area contributed by atoms with E-state index in [1.54, 1.807) is 20.8 Å². The average molecular weight is 399 g/mol. The van der Waals surface area contributed by atoms with E-state index in [0.717, 1.165) is 13.0 Å². The highest BCUT2D eigenvalue weighted by molar-refractivity contribution is 7.90. The van der Waals surface area contributed by atoms with Gasteiger partial charge < -0.3 is 14.4 Å². The smallest absolute Gasteiger partial charge is 0.411 e. The summed E-state index contributed by atoms with van der Waals surface area (Å²) in [6.45, 7) is 4.01. The number of rotatable bonds is 7. The lowest BCUT2D eigenvalue weighted by Gasteiger charge is -2.38. The fourth-order valence-electron chi connectivity index (χ4n) is 2.14. The molecule has 148 valence electrons. The number of halogens is 4. The molecule has 0 radical (unpaired) electrons. The Morgan fingerprint density at radius 2 is 1.81 bits per heavy atom. The van der Waals surface area contributed by atoms with Gasteiger partial charge in [-0.15, -0.1) is 4.72 Å². The van der Waals surface area contributed by atoms with E-state index in [0.29, 0.717) is 0 Å². The van der Waals surface area contributed by atoms with Gasteiger partial charge in [-0.3, -0.25) is 0 Å². The number of hydrogen-bond donors (Lipinski definition) is 2. The van der Waals surface area contributed by atoms with Crippen LogP contribution in [0, 0.1) is 5.82 Å². The van der Waals surface area contributed by atoms with Crippen molar-refractivity contribution in [3.05, 3.63) is 35.6 Å². The zero-order chi connectivity index (χ0) is 20.3. The molecule has 1 aromatic rings. The van der Waals surface area contributed by atoms with Crippen LogP contribution in [0.4, 0.5) is 17.6 Å². The van der Waals surface area contributed by atoms with E-state index in [1.165, 1.54) is 18.2 Å². The van der Waals surface area contributed by atoms with E-state index in [2.05, 4.69) is 9.46 Å². The van der Waals surface area contributed by atoms with Crippen LogP contribution in [0.5, 0.6) is 0 Å². The normalized spacial score (nSPS) is 17.4. The molecule has 0 saturated heterocycles. The van der Waals surface area contributed by atoms with Crippen LogP contribution in [0.2, 0.25) is 0 Å². The molecule has 0 bridgehead atoms. The topological polar surface area (TPSA) is 81.6 Å². The van der Waals surface area contributed by atoms with Gasteiger partial charge in [0.15, 0.2) is 6.10 Å². The van der Waals surface area contributed by atoms with Crippen molar-refractivity contribution in [2.75, 3.05) is 6.61 Å². The van der Waals surface area contributed by atoms with Crippen molar-refractivity contribution >= 4 is 17.3 Å². The van der Waals surface area contributed by atoms with E-state index < -0.39 is 52.3 Å². The molecule has 0 aliphatic rings. The molecule has 0 spiro atoms. The lowest BCUT2D eigenvalue weighted by atomic mass is 9.86. The van der Waals surface area contributed by atoms with Crippen LogP contribution in [-0.2, 0) is 26.4 Å². The fourth-order valence-corrected chi connectivity index (χ4v) is 3.05. The minimum absolute atomic E-state index is 0.271. The first-order valence-corrected chi connectivity index (χ1v) is 8.69. The molecule has 3 atom stereocenters. The van der Waals surface area contributed by atoms with E-state index in [-0.39, 0.29) is 5.56 Å². The maximum atomic E-state index is 14.3. The fraction of sp³-hybridized carbons (Fsp3) is 0.562. The van der Waals surface area contributed by atoms with Gasteiger partial charge in [-0.05, 0) is 33.8 Å². The summed E-state index contributed by atoms with van der Waals surface area (Å²) in [6.07, 6.45) is -6.93. The highest BCUT2D eigenvalue weighted by atomic mass is 32.2. The summed E-state index contributed by atoms with van der Waals surface area (Å²) >= 11 is -1.92. The molecule has 0 aliphatic carbocycles. The summed E-state index contributed by atoms with van der Waals surface area (Å²) < 4.78 is 70.6. The third-order valence-corrected chi connectivity index (χ3v) is 5.18. The molecule has 10 heteroatoms. The molecule has 1 aromatic carbocycles. The van der Waals surface area contributed by atoms with Crippen molar-refractivity contribution in [2.24, 2.45) is 0 Å². The summed E-state index contributed by atoms with van der Waals surface area (Å²) in [6, 6.07) is 4.96. The molecule has 5 nitrogen and oxygen atoms in total. The number of ether oxygens (including phenoxy) is 1. The largest absolute Gasteiger partial charge is 0.598 e. The van der Waals surface area contributed by atoms with Gasteiger partial charge >= 0.3 is 12.1 Å². The van der Waals surface area contributed by atoms with E-state index in [4.69, 9.17) is 0 Å². The van der Waals surface area contributed by atoms with Crippen molar-refractivity contribution in [2.45, 2.75) is 50.3 Å². The highest BCUT2D eigenvalue weighted by Crippen LogP contribution is 2.33. The van der Waals surface area contributed by atoms with Gasteiger partial charge in [0.05, 0.1) is 0 Å². The van der Waals surface area contributed by atoms with Crippen molar-refractivity contribution < 1.29 is 36.8 Å². The molecule has 0 saturated carbocycles. The Morgan fingerprint density at radius 3 is 2.23 bits per heavy atom. The maximum Gasteiger partial charge on any atom is 0.411 e. The number of benzene rings is 1. The number of carbonyl (C=O) groups is 1. The van der Waals surface area contributed by atoms with Crippen LogP contribution in [-0.4, -0.2) is 39.3 Å². The summed E-state index contributed by atoms with van der Waals surface area (Å²) in [7, 11) is 0. The molecule has 3 unspecified atom stereocenters. The predicted molar refractivity (Wildman–Crippen MR) is 88.2 cm³/mol. The molecular weight excluding hydrogens is 378 g/mol. The molecule has 2 N–H and O–H groups in total. The van der Waals surface area contributed by atoms with Crippen LogP contribution < -0.4 is 4.72 Å². The van der Waals surface area contributed by atoms with Gasteiger partial charge in [-0.2, -0.15) is 13.2 Å². The van der Waals surface area contributed by atoms with E-state index in [1.807, 2.05) is 0 Å². The summed E-state index contributed by atoms with van der Waals surface area (Å²) in [5.41, 5.74) is -2.30. The van der Waals surface area contributed by atoms with Crippen molar-refractivity contribution in [3.8, 4) is 0 Å². The minimum atomic E-state index is -4.78. The Kier molecular flexibility index (Phi) is 7.08. The highest BCUT2D eigenvalue weighted by Gasteiger charge is 2.49. The van der Waals surface area contributed by atoms with Gasteiger partial charge in [0.25, 0.3) is 0 Å². The summed E-state index contributed by atoms with van der Waals surface area (Å²) in [5.74, 6) is -2.62. The first kappa shape index (κ1) is 22.7. The molecular formula is C16H21F4NO4S. The Bertz CT molecular complexity index is 635. The number of carboxylic acid groups (broad SMARTS) is 1. The van der Waals surface area contributed by atoms with Crippen LogP contribution >= 0.6 is 0 Å². The van der Waals surface area contributed by atoms with Crippen LogP contribution in [0.3, 0.4) is 0 Å². The van der Waals surface area contributed by atoms with Gasteiger partial charge in [0.1, 0.15) is 22.7 Å². The Balaban J connectivity index is 3.41. The van der Waals surface area contributed by atoms with Crippen molar-refractivity contribution in [1.29, 1.82) is 0 Å². The number of carboxylic acids is 1. The Hall–Kier alpha value is -1.36. The van der Waals surface area contributed by atoms with Crippen molar-refractivity contribution in [3.63, 3.8) is 0 Å². The average Bonchev–Trinajstić information content (AvgIpc) is 2.44. The zero-order valence-electron chi connectivity index (χ0n) is 14.7. The minimum Gasteiger partial charge on any atom is -0.598 e. The Labute approximate surface area is 152 Å². The number of aliphatic carboxylic acids is 1. The predicted octanol–water partition coefficient (Wildman–Crippen LogP) is 3.12. The molecule has 0 fully saturated rings. The molecule has 26 heavy (non-hydrogen) atoms. The first-order valence-electron chi connectivity index (χ1n) is 7.54. The maximum absolute atomic E-state index is 14.3. The van der Waals surface area contributed by atoms with Gasteiger partial charge in [-0.25, -0.2) is 9.18 Å². The number of alkyl halides is 3.